The first-order valence-corrected chi connectivity index (χ1v) is 6.23. The topological polar surface area (TPSA) is 41.6 Å². The molecule has 1 aliphatic heterocycles. The van der Waals surface area contributed by atoms with Crippen LogP contribution in [-0.2, 0) is 9.53 Å². The molecule has 0 saturated carbocycles. The summed E-state index contributed by atoms with van der Waals surface area (Å²) in [5.74, 6) is -0.170. The standard InChI is InChI=1S/C12H24N2O2/c1-4-14-8-5-6-11(7-9-14)13-10(2)12(15)16-3/h10-11,13H,4-9H2,1-3H3/t10-,11?/m0/s1. The van der Waals surface area contributed by atoms with E-state index in [2.05, 4.69) is 17.1 Å². The molecule has 0 amide bonds. The van der Waals surface area contributed by atoms with Crippen LogP contribution in [0.1, 0.15) is 33.1 Å². The number of carbonyl (C=O) groups is 1. The first kappa shape index (κ1) is 13.5. The fourth-order valence-electron chi connectivity index (χ4n) is 2.24. The van der Waals surface area contributed by atoms with Gasteiger partial charge >= 0.3 is 5.97 Å². The molecule has 1 heterocycles. The molecular formula is C12H24N2O2. The lowest BCUT2D eigenvalue weighted by atomic mass is 10.1. The van der Waals surface area contributed by atoms with Crippen molar-refractivity contribution in [2.75, 3.05) is 26.7 Å². The van der Waals surface area contributed by atoms with Crippen molar-refractivity contribution in [3.8, 4) is 0 Å². The van der Waals surface area contributed by atoms with Gasteiger partial charge < -0.3 is 15.0 Å². The summed E-state index contributed by atoms with van der Waals surface area (Å²) in [7, 11) is 1.44. The molecule has 1 N–H and O–H groups in total. The number of nitrogens with one attached hydrogen (secondary N) is 1. The predicted molar refractivity (Wildman–Crippen MR) is 64.4 cm³/mol. The molecule has 1 aliphatic rings. The van der Waals surface area contributed by atoms with Crippen molar-refractivity contribution in [3.05, 3.63) is 0 Å². The highest BCUT2D eigenvalue weighted by atomic mass is 16.5. The zero-order chi connectivity index (χ0) is 12.0. The number of hydrogen-bond acceptors (Lipinski definition) is 4. The van der Waals surface area contributed by atoms with Crippen molar-refractivity contribution >= 4 is 5.97 Å². The summed E-state index contributed by atoms with van der Waals surface area (Å²) in [5.41, 5.74) is 0. The first-order chi connectivity index (χ1) is 7.67. The molecule has 0 aromatic rings. The van der Waals surface area contributed by atoms with E-state index in [4.69, 9.17) is 4.74 Å². The van der Waals surface area contributed by atoms with Crippen LogP contribution in [-0.4, -0.2) is 49.7 Å². The zero-order valence-corrected chi connectivity index (χ0v) is 10.7. The van der Waals surface area contributed by atoms with Crippen molar-refractivity contribution in [3.63, 3.8) is 0 Å². The maximum atomic E-state index is 11.3. The summed E-state index contributed by atoms with van der Waals surface area (Å²) in [6, 6.07) is 0.258. The number of esters is 1. The summed E-state index contributed by atoms with van der Waals surface area (Å²) >= 11 is 0. The lowest BCUT2D eigenvalue weighted by molar-refractivity contribution is -0.142. The van der Waals surface area contributed by atoms with Gasteiger partial charge in [-0.15, -0.1) is 0 Å². The Kier molecular flexibility index (Phi) is 5.77. The van der Waals surface area contributed by atoms with E-state index < -0.39 is 0 Å². The van der Waals surface area contributed by atoms with E-state index in [1.165, 1.54) is 20.1 Å². The second-order valence-corrected chi connectivity index (χ2v) is 4.47. The Morgan fingerprint density at radius 1 is 1.50 bits per heavy atom. The van der Waals surface area contributed by atoms with Crippen molar-refractivity contribution < 1.29 is 9.53 Å². The van der Waals surface area contributed by atoms with Gasteiger partial charge in [0.25, 0.3) is 0 Å². The maximum Gasteiger partial charge on any atom is 0.322 e. The summed E-state index contributed by atoms with van der Waals surface area (Å²) in [4.78, 5) is 13.8. The van der Waals surface area contributed by atoms with Gasteiger partial charge in [0, 0.05) is 6.04 Å². The molecule has 1 rings (SSSR count). The minimum Gasteiger partial charge on any atom is -0.468 e. The third-order valence-corrected chi connectivity index (χ3v) is 3.31. The number of nitrogens with zero attached hydrogens (tertiary/aromatic N) is 1. The lowest BCUT2D eigenvalue weighted by Crippen LogP contribution is -2.42. The van der Waals surface area contributed by atoms with Crippen LogP contribution in [0.4, 0.5) is 0 Å². The summed E-state index contributed by atoms with van der Waals surface area (Å²) in [6.45, 7) is 7.50. The van der Waals surface area contributed by atoms with Crippen LogP contribution < -0.4 is 5.32 Å². The van der Waals surface area contributed by atoms with E-state index in [-0.39, 0.29) is 12.0 Å². The number of carbonyl (C=O) groups excluding carboxylic acids is 1. The highest BCUT2D eigenvalue weighted by Crippen LogP contribution is 2.11. The van der Waals surface area contributed by atoms with Gasteiger partial charge in [0.2, 0.25) is 0 Å². The smallest absolute Gasteiger partial charge is 0.322 e. The molecule has 4 heteroatoms. The van der Waals surface area contributed by atoms with E-state index in [0.717, 1.165) is 25.9 Å². The van der Waals surface area contributed by atoms with E-state index in [1.807, 2.05) is 6.92 Å². The lowest BCUT2D eigenvalue weighted by Gasteiger charge is -2.21. The second-order valence-electron chi connectivity index (χ2n) is 4.47. The van der Waals surface area contributed by atoms with E-state index >= 15 is 0 Å². The van der Waals surface area contributed by atoms with Crippen LogP contribution in [0.5, 0.6) is 0 Å². The van der Waals surface area contributed by atoms with Gasteiger partial charge in [0.15, 0.2) is 0 Å². The quantitative estimate of drug-likeness (QED) is 0.729. The fraction of sp³-hybridized carbons (Fsp3) is 0.917. The van der Waals surface area contributed by atoms with Gasteiger partial charge in [-0.25, -0.2) is 0 Å². The summed E-state index contributed by atoms with van der Waals surface area (Å²) < 4.78 is 4.72. The summed E-state index contributed by atoms with van der Waals surface area (Å²) in [5, 5.41) is 3.35. The Bertz CT molecular complexity index is 221. The molecule has 2 atom stereocenters. The molecule has 4 nitrogen and oxygen atoms in total. The number of likely N-dealkylation sites (tertiary alicyclic amines) is 1. The van der Waals surface area contributed by atoms with Gasteiger partial charge in [-0.2, -0.15) is 0 Å². The van der Waals surface area contributed by atoms with Crippen LogP contribution in [0, 0.1) is 0 Å². The average molecular weight is 228 g/mol. The second kappa shape index (κ2) is 6.86. The molecule has 0 spiro atoms. The Morgan fingerprint density at radius 2 is 2.25 bits per heavy atom. The van der Waals surface area contributed by atoms with Crippen LogP contribution in [0.15, 0.2) is 0 Å². The fourth-order valence-corrected chi connectivity index (χ4v) is 2.24. The first-order valence-electron chi connectivity index (χ1n) is 6.23. The number of hydrogen-bond donors (Lipinski definition) is 1. The zero-order valence-electron chi connectivity index (χ0n) is 10.7. The van der Waals surface area contributed by atoms with Crippen molar-refractivity contribution in [1.29, 1.82) is 0 Å². The number of ether oxygens (including phenoxy) is 1. The maximum absolute atomic E-state index is 11.3. The van der Waals surface area contributed by atoms with Crippen molar-refractivity contribution in [2.45, 2.75) is 45.2 Å². The molecule has 1 saturated heterocycles. The molecule has 94 valence electrons. The van der Waals surface area contributed by atoms with Gasteiger partial charge in [-0.3, -0.25) is 4.79 Å². The predicted octanol–water partition coefficient (Wildman–Crippen LogP) is 1.01. The molecule has 16 heavy (non-hydrogen) atoms. The van der Waals surface area contributed by atoms with Gasteiger partial charge in [-0.05, 0) is 45.8 Å². The van der Waals surface area contributed by atoms with E-state index in [1.54, 1.807) is 0 Å². The Morgan fingerprint density at radius 3 is 2.88 bits per heavy atom. The van der Waals surface area contributed by atoms with Crippen LogP contribution in [0.3, 0.4) is 0 Å². The number of rotatable bonds is 4. The highest BCUT2D eigenvalue weighted by Gasteiger charge is 2.20. The molecule has 1 fully saturated rings. The third-order valence-electron chi connectivity index (χ3n) is 3.31. The minimum atomic E-state index is -0.192. The van der Waals surface area contributed by atoms with Crippen LogP contribution in [0.2, 0.25) is 0 Å². The van der Waals surface area contributed by atoms with Gasteiger partial charge in [0.05, 0.1) is 7.11 Å². The normalized spacial score (nSPS) is 24.8. The third kappa shape index (κ3) is 4.10. The molecule has 0 radical (unpaired) electrons. The summed E-state index contributed by atoms with van der Waals surface area (Å²) in [6.07, 6.45) is 3.48. The number of methoxy groups -OCH3 is 1. The van der Waals surface area contributed by atoms with Gasteiger partial charge in [0.1, 0.15) is 6.04 Å². The largest absolute Gasteiger partial charge is 0.468 e. The molecule has 0 aromatic heterocycles. The van der Waals surface area contributed by atoms with Crippen molar-refractivity contribution in [1.82, 2.24) is 10.2 Å². The SMILES string of the molecule is CCN1CCCC(N[C@@H](C)C(=O)OC)CC1. The molecular weight excluding hydrogens is 204 g/mol. The molecule has 0 bridgehead atoms. The monoisotopic (exact) mass is 228 g/mol. The Hall–Kier alpha value is -0.610. The Labute approximate surface area is 98.3 Å². The van der Waals surface area contributed by atoms with E-state index in [0.29, 0.717) is 6.04 Å². The Balaban J connectivity index is 2.34. The van der Waals surface area contributed by atoms with Crippen LogP contribution in [0.25, 0.3) is 0 Å². The molecule has 0 aliphatic carbocycles. The van der Waals surface area contributed by atoms with E-state index in [9.17, 15) is 4.79 Å². The van der Waals surface area contributed by atoms with Crippen molar-refractivity contribution in [2.24, 2.45) is 0 Å². The molecule has 1 unspecified atom stereocenters. The van der Waals surface area contributed by atoms with Gasteiger partial charge in [-0.1, -0.05) is 6.92 Å². The highest BCUT2D eigenvalue weighted by molar-refractivity contribution is 5.75. The van der Waals surface area contributed by atoms with Crippen LogP contribution >= 0.6 is 0 Å². The average Bonchev–Trinajstić information content (AvgIpc) is 2.53. The molecule has 0 aromatic carbocycles. The minimum absolute atomic E-state index is 0.170.